The number of nitrogens with zero attached hydrogens (tertiary/aromatic N) is 2. The van der Waals surface area contributed by atoms with Crippen molar-refractivity contribution in [2.75, 3.05) is 11.9 Å². The molecule has 3 nitrogen and oxygen atoms in total. The first-order chi connectivity index (χ1) is 9.26. The van der Waals surface area contributed by atoms with Gasteiger partial charge in [0.2, 0.25) is 0 Å². The molecule has 0 fully saturated rings. The van der Waals surface area contributed by atoms with Crippen molar-refractivity contribution < 1.29 is 0 Å². The molecule has 2 rings (SSSR count). The molecule has 0 saturated heterocycles. The number of rotatable bonds is 5. The van der Waals surface area contributed by atoms with Crippen LogP contribution in [0, 0.1) is 6.92 Å². The van der Waals surface area contributed by atoms with Gasteiger partial charge in [-0.3, -0.25) is 0 Å². The Kier molecular flexibility index (Phi) is 4.50. The van der Waals surface area contributed by atoms with Gasteiger partial charge in [-0.2, -0.15) is 0 Å². The third-order valence-corrected chi connectivity index (χ3v) is 3.19. The molecule has 0 saturated carbocycles. The predicted molar refractivity (Wildman–Crippen MR) is 80.4 cm³/mol. The SMILES string of the molecule is CCCc1ccc(-c2ncnc(NCC)c2C)cc1. The highest BCUT2D eigenvalue weighted by Crippen LogP contribution is 2.25. The lowest BCUT2D eigenvalue weighted by Crippen LogP contribution is -2.03. The Labute approximate surface area is 115 Å². The first-order valence-electron chi connectivity index (χ1n) is 6.91. The number of nitrogens with one attached hydrogen (secondary N) is 1. The largest absolute Gasteiger partial charge is 0.370 e. The summed E-state index contributed by atoms with van der Waals surface area (Å²) in [4.78, 5) is 8.69. The molecule has 3 heteroatoms. The summed E-state index contributed by atoms with van der Waals surface area (Å²) in [6, 6.07) is 8.67. The summed E-state index contributed by atoms with van der Waals surface area (Å²) in [6.45, 7) is 7.20. The maximum absolute atomic E-state index is 4.42. The van der Waals surface area contributed by atoms with Gasteiger partial charge in [-0.05, 0) is 25.8 Å². The van der Waals surface area contributed by atoms with Crippen molar-refractivity contribution >= 4 is 5.82 Å². The molecule has 0 unspecified atom stereocenters. The highest BCUT2D eigenvalue weighted by atomic mass is 15.0. The van der Waals surface area contributed by atoms with E-state index in [4.69, 9.17) is 0 Å². The van der Waals surface area contributed by atoms with Crippen LogP contribution in [-0.2, 0) is 6.42 Å². The van der Waals surface area contributed by atoms with Crippen molar-refractivity contribution in [2.24, 2.45) is 0 Å². The Morgan fingerprint density at radius 2 is 1.79 bits per heavy atom. The first kappa shape index (κ1) is 13.5. The summed E-state index contributed by atoms with van der Waals surface area (Å²) in [5.41, 5.74) is 4.64. The van der Waals surface area contributed by atoms with E-state index in [0.29, 0.717) is 0 Å². The van der Waals surface area contributed by atoms with Gasteiger partial charge in [-0.25, -0.2) is 9.97 Å². The van der Waals surface area contributed by atoms with Crippen LogP contribution < -0.4 is 5.32 Å². The number of aromatic nitrogens is 2. The summed E-state index contributed by atoms with van der Waals surface area (Å²) in [6.07, 6.45) is 3.93. The van der Waals surface area contributed by atoms with Gasteiger partial charge in [0.1, 0.15) is 12.1 Å². The van der Waals surface area contributed by atoms with Crippen LogP contribution in [0.5, 0.6) is 0 Å². The van der Waals surface area contributed by atoms with Gasteiger partial charge >= 0.3 is 0 Å². The molecule has 2 aromatic rings. The second kappa shape index (κ2) is 6.32. The average molecular weight is 255 g/mol. The van der Waals surface area contributed by atoms with Gasteiger partial charge < -0.3 is 5.32 Å². The Morgan fingerprint density at radius 3 is 2.42 bits per heavy atom. The normalized spacial score (nSPS) is 10.5. The highest BCUT2D eigenvalue weighted by molar-refractivity contribution is 5.67. The predicted octanol–water partition coefficient (Wildman–Crippen LogP) is 3.84. The third-order valence-electron chi connectivity index (χ3n) is 3.19. The fraction of sp³-hybridized carbons (Fsp3) is 0.375. The minimum atomic E-state index is 0.868. The van der Waals surface area contributed by atoms with E-state index in [2.05, 4.69) is 60.3 Å². The van der Waals surface area contributed by atoms with E-state index in [1.165, 1.54) is 12.0 Å². The lowest BCUT2D eigenvalue weighted by atomic mass is 10.0. The van der Waals surface area contributed by atoms with E-state index in [9.17, 15) is 0 Å². The quantitative estimate of drug-likeness (QED) is 0.882. The molecule has 1 heterocycles. The van der Waals surface area contributed by atoms with E-state index in [0.717, 1.165) is 35.6 Å². The molecular weight excluding hydrogens is 234 g/mol. The van der Waals surface area contributed by atoms with E-state index < -0.39 is 0 Å². The van der Waals surface area contributed by atoms with Crippen LogP contribution in [0.25, 0.3) is 11.3 Å². The second-order valence-corrected chi connectivity index (χ2v) is 4.67. The Balaban J connectivity index is 2.33. The van der Waals surface area contributed by atoms with Crippen LogP contribution in [0.4, 0.5) is 5.82 Å². The van der Waals surface area contributed by atoms with Crippen molar-refractivity contribution in [2.45, 2.75) is 33.6 Å². The van der Waals surface area contributed by atoms with Crippen LogP contribution >= 0.6 is 0 Å². The zero-order valence-corrected chi connectivity index (χ0v) is 11.9. The van der Waals surface area contributed by atoms with E-state index in [-0.39, 0.29) is 0 Å². The minimum absolute atomic E-state index is 0.868. The van der Waals surface area contributed by atoms with Crippen LogP contribution in [0.3, 0.4) is 0 Å². The van der Waals surface area contributed by atoms with Crippen molar-refractivity contribution in [1.29, 1.82) is 0 Å². The van der Waals surface area contributed by atoms with E-state index in [1.807, 2.05) is 0 Å². The zero-order chi connectivity index (χ0) is 13.7. The summed E-state index contributed by atoms with van der Waals surface area (Å²) < 4.78 is 0. The lowest BCUT2D eigenvalue weighted by molar-refractivity contribution is 0.922. The Bertz CT molecular complexity index is 532. The van der Waals surface area contributed by atoms with Crippen molar-refractivity contribution in [1.82, 2.24) is 9.97 Å². The van der Waals surface area contributed by atoms with Crippen molar-refractivity contribution in [3.05, 3.63) is 41.7 Å². The van der Waals surface area contributed by atoms with E-state index in [1.54, 1.807) is 6.33 Å². The topological polar surface area (TPSA) is 37.8 Å². The number of hydrogen-bond acceptors (Lipinski definition) is 3. The van der Waals surface area contributed by atoms with Gasteiger partial charge in [0.25, 0.3) is 0 Å². The number of hydrogen-bond donors (Lipinski definition) is 1. The smallest absolute Gasteiger partial charge is 0.132 e. The molecule has 1 aromatic heterocycles. The molecule has 0 aliphatic carbocycles. The number of anilines is 1. The minimum Gasteiger partial charge on any atom is -0.370 e. The van der Waals surface area contributed by atoms with E-state index >= 15 is 0 Å². The van der Waals surface area contributed by atoms with Crippen LogP contribution in [0.1, 0.15) is 31.4 Å². The van der Waals surface area contributed by atoms with Crippen LogP contribution in [0.2, 0.25) is 0 Å². The summed E-state index contributed by atoms with van der Waals surface area (Å²) in [5.74, 6) is 0.921. The molecule has 0 spiro atoms. The Hall–Kier alpha value is -1.90. The molecule has 19 heavy (non-hydrogen) atoms. The molecule has 1 N–H and O–H groups in total. The Morgan fingerprint density at radius 1 is 1.05 bits per heavy atom. The fourth-order valence-electron chi connectivity index (χ4n) is 2.20. The third kappa shape index (κ3) is 3.11. The van der Waals surface area contributed by atoms with Crippen molar-refractivity contribution in [3.63, 3.8) is 0 Å². The molecule has 0 bridgehead atoms. The number of benzene rings is 1. The molecule has 100 valence electrons. The average Bonchev–Trinajstić information content (AvgIpc) is 2.43. The number of aryl methyl sites for hydroxylation is 1. The monoisotopic (exact) mass is 255 g/mol. The highest BCUT2D eigenvalue weighted by Gasteiger charge is 2.08. The maximum atomic E-state index is 4.42. The summed E-state index contributed by atoms with van der Waals surface area (Å²) in [7, 11) is 0. The van der Waals surface area contributed by atoms with Crippen molar-refractivity contribution in [3.8, 4) is 11.3 Å². The van der Waals surface area contributed by atoms with Gasteiger partial charge in [0.15, 0.2) is 0 Å². The van der Waals surface area contributed by atoms with Gasteiger partial charge in [0.05, 0.1) is 5.69 Å². The van der Waals surface area contributed by atoms with Crippen LogP contribution in [-0.4, -0.2) is 16.5 Å². The molecule has 0 amide bonds. The fourth-order valence-corrected chi connectivity index (χ4v) is 2.20. The molecule has 0 radical (unpaired) electrons. The molecule has 1 aromatic carbocycles. The van der Waals surface area contributed by atoms with Crippen LogP contribution in [0.15, 0.2) is 30.6 Å². The van der Waals surface area contributed by atoms with Gasteiger partial charge in [-0.15, -0.1) is 0 Å². The van der Waals surface area contributed by atoms with Gasteiger partial charge in [0, 0.05) is 17.7 Å². The molecular formula is C16H21N3. The molecule has 0 atom stereocenters. The van der Waals surface area contributed by atoms with Gasteiger partial charge in [-0.1, -0.05) is 37.6 Å². The molecule has 0 aliphatic rings. The first-order valence-corrected chi connectivity index (χ1v) is 6.91. The molecule has 0 aliphatic heterocycles. The zero-order valence-electron chi connectivity index (χ0n) is 11.9. The summed E-state index contributed by atoms with van der Waals surface area (Å²) in [5, 5.41) is 3.27. The lowest BCUT2D eigenvalue weighted by Gasteiger charge is -2.10. The standard InChI is InChI=1S/C16H21N3/c1-4-6-13-7-9-14(10-8-13)15-12(3)16(17-5-2)19-11-18-15/h7-11H,4-6H2,1-3H3,(H,17,18,19). The summed E-state index contributed by atoms with van der Waals surface area (Å²) >= 11 is 0. The second-order valence-electron chi connectivity index (χ2n) is 4.67. The maximum Gasteiger partial charge on any atom is 0.132 e.